The van der Waals surface area contributed by atoms with Crippen LogP contribution in [0.2, 0.25) is 0 Å². The number of hydrogen-bond acceptors (Lipinski definition) is 9. The smallest absolute Gasteiger partial charge is 0.349 e. The highest BCUT2D eigenvalue weighted by Crippen LogP contribution is 2.39. The van der Waals surface area contributed by atoms with Crippen molar-refractivity contribution in [3.8, 4) is 0 Å². The summed E-state index contributed by atoms with van der Waals surface area (Å²) in [5, 5.41) is 11.5. The fraction of sp³-hybridized carbons (Fsp3) is 0.410. The monoisotopic (exact) mass is 1210 g/mol. The summed E-state index contributed by atoms with van der Waals surface area (Å²) in [7, 11) is -9.36. The van der Waals surface area contributed by atoms with Crippen molar-refractivity contribution in [2.45, 2.75) is 165 Å². The van der Waals surface area contributed by atoms with E-state index in [0.717, 1.165) is 82.3 Å². The van der Waals surface area contributed by atoms with Gasteiger partial charge >= 0.3 is 12.4 Å². The molecule has 2 amide bonds. The highest BCUT2D eigenvalue weighted by Gasteiger charge is 2.39. The first-order valence-corrected chi connectivity index (χ1v) is 30.6. The third kappa shape index (κ3) is 16.5. The van der Waals surface area contributed by atoms with E-state index in [1.807, 2.05) is 44.2 Å². The number of allylic oxidation sites excluding steroid dienone is 4. The van der Waals surface area contributed by atoms with Gasteiger partial charge in [-0.2, -0.15) is 26.3 Å². The van der Waals surface area contributed by atoms with E-state index in [9.17, 15) is 52.4 Å². The number of carbonyl (C=O) groups excluding carboxylic acids is 2. The Morgan fingerprint density at radius 2 is 1.29 bits per heavy atom. The lowest BCUT2D eigenvalue weighted by atomic mass is 9.85. The van der Waals surface area contributed by atoms with Crippen molar-refractivity contribution >= 4 is 31.9 Å². The topological polar surface area (TPSA) is 178 Å². The SMILES string of the molecule is CC(C)(C)NCc1ccc2c(c1)CCC[C@H]2N(NC(C)(C)NCc1ccc2c(c1)CCC[C@H]2NC(=O)CC(NS(=O)(=O)c1cccc(C(F)(F)F)c1)c1ccccc1F)C(=O)CC(NS(=O)(=O)C1=CC(C(F)(F)F)=CCC1)c1ccc(F)cc1. The van der Waals surface area contributed by atoms with E-state index >= 15 is 9.18 Å². The zero-order valence-corrected chi connectivity index (χ0v) is 48.7. The summed E-state index contributed by atoms with van der Waals surface area (Å²) < 4.78 is 172. The molecule has 0 heterocycles. The molecule has 23 heteroatoms. The highest BCUT2D eigenvalue weighted by atomic mass is 32.2. The van der Waals surface area contributed by atoms with E-state index in [4.69, 9.17) is 0 Å². The molecule has 2 unspecified atom stereocenters. The van der Waals surface area contributed by atoms with Crippen molar-refractivity contribution in [2.24, 2.45) is 0 Å². The minimum Gasteiger partial charge on any atom is -0.349 e. The number of benzene rings is 5. The van der Waals surface area contributed by atoms with Crippen LogP contribution >= 0.6 is 0 Å². The van der Waals surface area contributed by atoms with Crippen molar-refractivity contribution in [1.82, 2.24) is 35.8 Å². The lowest BCUT2D eigenvalue weighted by Crippen LogP contribution is -2.61. The largest absolute Gasteiger partial charge is 0.416 e. The number of hydrazine groups is 1. The number of hydrogen-bond donors (Lipinski definition) is 6. The van der Waals surface area contributed by atoms with E-state index < -0.39 is 119 Å². The Morgan fingerprint density at radius 3 is 1.94 bits per heavy atom. The molecular weight excluding hydrogens is 1140 g/mol. The summed E-state index contributed by atoms with van der Waals surface area (Å²) in [4.78, 5) is 27.8. The Morgan fingerprint density at radius 1 is 0.655 bits per heavy atom. The van der Waals surface area contributed by atoms with Crippen LogP contribution in [0.25, 0.3) is 0 Å². The molecule has 0 aromatic heterocycles. The molecule has 5 aromatic rings. The molecule has 6 N–H and O–H groups in total. The molecule has 0 radical (unpaired) electrons. The molecule has 4 atom stereocenters. The van der Waals surface area contributed by atoms with Gasteiger partial charge in [0.2, 0.25) is 31.9 Å². The first-order chi connectivity index (χ1) is 39.3. The Balaban J connectivity index is 1.02. The number of nitrogens with one attached hydrogen (secondary N) is 6. The number of nitrogens with zero attached hydrogens (tertiary/aromatic N) is 1. The number of halogens is 8. The molecule has 13 nitrogen and oxygen atoms in total. The van der Waals surface area contributed by atoms with Gasteiger partial charge in [-0.25, -0.2) is 40.5 Å². The van der Waals surface area contributed by atoms with Gasteiger partial charge in [0, 0.05) is 37.0 Å². The van der Waals surface area contributed by atoms with Gasteiger partial charge in [0.1, 0.15) is 11.6 Å². The van der Waals surface area contributed by atoms with E-state index in [2.05, 4.69) is 57.7 Å². The second-order valence-corrected chi connectivity index (χ2v) is 26.6. The average Bonchev–Trinajstić information content (AvgIpc) is 3.61. The zero-order chi connectivity index (χ0) is 61.0. The Bertz CT molecular complexity index is 3510. The van der Waals surface area contributed by atoms with Crippen LogP contribution in [0, 0.1) is 11.6 Å². The number of fused-ring (bicyclic) bond motifs is 2. The van der Waals surface area contributed by atoms with Crippen LogP contribution in [0.15, 0.2) is 137 Å². The second-order valence-electron chi connectivity index (χ2n) is 23.1. The van der Waals surface area contributed by atoms with E-state index in [1.54, 1.807) is 0 Å². The van der Waals surface area contributed by atoms with Crippen LogP contribution in [-0.4, -0.2) is 51.0 Å². The van der Waals surface area contributed by atoms with Crippen LogP contribution in [0.4, 0.5) is 35.1 Å². The molecular formula is C61H69F8N7O6S2. The number of rotatable bonds is 21. The number of alkyl halides is 6. The van der Waals surface area contributed by atoms with Crippen molar-refractivity contribution in [3.63, 3.8) is 0 Å². The lowest BCUT2D eigenvalue weighted by Gasteiger charge is -2.42. The van der Waals surface area contributed by atoms with Crippen molar-refractivity contribution in [3.05, 3.63) is 194 Å². The molecule has 8 rings (SSSR count). The van der Waals surface area contributed by atoms with Gasteiger partial charge in [-0.15, -0.1) is 0 Å². The molecule has 0 fully saturated rings. The van der Waals surface area contributed by atoms with Gasteiger partial charge in [0.15, 0.2) is 0 Å². The van der Waals surface area contributed by atoms with Crippen molar-refractivity contribution in [1.29, 1.82) is 0 Å². The van der Waals surface area contributed by atoms with Crippen LogP contribution in [-0.2, 0) is 61.7 Å². The zero-order valence-electron chi connectivity index (χ0n) is 47.1. The average molecular weight is 1210 g/mol. The molecule has 452 valence electrons. The Labute approximate surface area is 485 Å². The summed E-state index contributed by atoms with van der Waals surface area (Å²) in [6, 6.07) is 20.9. The van der Waals surface area contributed by atoms with E-state index in [0.29, 0.717) is 50.8 Å². The number of amides is 2. The lowest BCUT2D eigenvalue weighted by molar-refractivity contribution is -0.141. The minimum atomic E-state index is -4.84. The van der Waals surface area contributed by atoms with E-state index in [-0.39, 0.29) is 36.1 Å². The number of carbonyl (C=O) groups is 2. The maximum absolute atomic E-state index is 15.3. The Hall–Kier alpha value is -6.34. The third-order valence-electron chi connectivity index (χ3n) is 15.0. The van der Waals surface area contributed by atoms with Crippen LogP contribution in [0.3, 0.4) is 0 Å². The molecule has 0 saturated carbocycles. The molecule has 3 aliphatic rings. The van der Waals surface area contributed by atoms with Crippen molar-refractivity contribution < 1.29 is 61.5 Å². The molecule has 3 aliphatic carbocycles. The maximum Gasteiger partial charge on any atom is 0.416 e. The summed E-state index contributed by atoms with van der Waals surface area (Å²) in [5.74, 6) is -2.68. The predicted molar refractivity (Wildman–Crippen MR) is 303 cm³/mol. The highest BCUT2D eigenvalue weighted by molar-refractivity contribution is 7.93. The molecule has 0 saturated heterocycles. The fourth-order valence-electron chi connectivity index (χ4n) is 10.7. The third-order valence-corrected chi connectivity index (χ3v) is 18.1. The quantitative estimate of drug-likeness (QED) is 0.0237. The van der Waals surface area contributed by atoms with Gasteiger partial charge in [0.25, 0.3) is 0 Å². The van der Waals surface area contributed by atoms with Gasteiger partial charge in [-0.3, -0.25) is 19.9 Å². The molecule has 84 heavy (non-hydrogen) atoms. The molecule has 0 bridgehead atoms. The molecule has 5 aromatic carbocycles. The first kappa shape index (κ1) is 63.7. The molecule has 0 aliphatic heterocycles. The summed E-state index contributed by atoms with van der Waals surface area (Å²) in [6.45, 7) is 10.7. The first-order valence-electron chi connectivity index (χ1n) is 27.7. The van der Waals surface area contributed by atoms with Gasteiger partial charge in [-0.05, 0) is 167 Å². The minimum absolute atomic E-state index is 0.157. The summed E-state index contributed by atoms with van der Waals surface area (Å²) in [6.07, 6.45) is -5.93. The van der Waals surface area contributed by atoms with Crippen molar-refractivity contribution in [2.75, 3.05) is 0 Å². The number of aryl methyl sites for hydroxylation is 2. The van der Waals surface area contributed by atoms with Crippen LogP contribution in [0.5, 0.6) is 0 Å². The summed E-state index contributed by atoms with van der Waals surface area (Å²) >= 11 is 0. The normalized spacial score (nSPS) is 17.7. The Kier molecular flexibility index (Phi) is 19.5. The van der Waals surface area contributed by atoms with Gasteiger partial charge in [-0.1, -0.05) is 78.9 Å². The van der Waals surface area contributed by atoms with E-state index in [1.165, 1.54) is 35.3 Å². The van der Waals surface area contributed by atoms with Crippen LogP contribution in [0.1, 0.15) is 160 Å². The second kappa shape index (κ2) is 25.7. The standard InChI is InChI=1S/C61H69F8N7O6S2/c1-58(2,3)70-36-38-23-29-49-42(31-38)13-9-21-55(49)76(57(78)35-53(40-24-26-45(62)27-25-40)73-83(79,80)46-16-10-14-43(32-46)60(64,65)66)75-59(4,5)71-37-39-22-28-48-41(30-39)12-8-20-52(48)72-56(77)34-54(50-18-6-7-19-51(50)63)74-84(81,82)47-17-11-15-44(33-47)61(67,68)69/h6-7,11,14-15,17-19,22-33,52-55,70-71,73-75H,8-10,12-13,16,20-21,34-37H2,1-5H3,(H,72,77)/t52-,53?,54?,55-/m1/s1. The number of sulfonamides is 2. The van der Waals surface area contributed by atoms with Gasteiger partial charge in [0.05, 0.1) is 50.8 Å². The fourth-order valence-corrected chi connectivity index (χ4v) is 13.4. The summed E-state index contributed by atoms with van der Waals surface area (Å²) in [5.41, 5.74) is 5.33. The predicted octanol–water partition coefficient (Wildman–Crippen LogP) is 11.9. The van der Waals surface area contributed by atoms with Gasteiger partial charge < -0.3 is 10.6 Å². The van der Waals surface area contributed by atoms with Crippen LogP contribution < -0.4 is 30.8 Å². The maximum atomic E-state index is 15.3. The molecule has 0 spiro atoms.